The number of carbonyl (C=O) groups excluding carboxylic acids is 2. The Morgan fingerprint density at radius 3 is 2.23 bits per heavy atom. The first-order valence-corrected chi connectivity index (χ1v) is 15.5. The van der Waals surface area contributed by atoms with Crippen LogP contribution in [0.5, 0.6) is 0 Å². The highest BCUT2D eigenvalue weighted by Crippen LogP contribution is 2.22. The fraction of sp³-hybridized carbons (Fsp3) is 0.355. The Balaban J connectivity index is 1.54. The van der Waals surface area contributed by atoms with Crippen LogP contribution in [-0.4, -0.2) is 39.5 Å². The average molecular weight is 625 g/mol. The number of amides is 2. The standard InChI is InChI=1S/C31H34BrN3O4S/c32-26-15-11-24(12-16-26)20-34(30(36)22-40-21-25-13-17-28(18-14-25)35(38)39)29(19-23-7-3-1-4-8-23)31(37)33-27-9-5-2-6-10-27/h1,3-4,7-8,11-18,27,29H,2,5-6,9-10,19-22H2,(H,33,37)/t29-/m1/s1. The SMILES string of the molecule is O=C(NC1CCCCC1)[C@@H](Cc1ccccc1)N(Cc1ccc(Br)cc1)C(=O)CSCc1ccc([N+](=O)[O-])cc1. The highest BCUT2D eigenvalue weighted by Gasteiger charge is 2.31. The smallest absolute Gasteiger partial charge is 0.269 e. The van der Waals surface area contributed by atoms with E-state index in [1.807, 2.05) is 54.6 Å². The average Bonchev–Trinajstić information content (AvgIpc) is 2.97. The highest BCUT2D eigenvalue weighted by atomic mass is 79.9. The Bertz CT molecular complexity index is 1270. The lowest BCUT2D eigenvalue weighted by molar-refractivity contribution is -0.384. The maximum atomic E-state index is 13.8. The van der Waals surface area contributed by atoms with E-state index in [9.17, 15) is 19.7 Å². The van der Waals surface area contributed by atoms with Crippen LogP contribution < -0.4 is 5.32 Å². The lowest BCUT2D eigenvalue weighted by atomic mass is 9.94. The summed E-state index contributed by atoms with van der Waals surface area (Å²) in [6, 6.07) is 23.5. The number of benzene rings is 3. The van der Waals surface area contributed by atoms with Crippen molar-refractivity contribution < 1.29 is 14.5 Å². The summed E-state index contributed by atoms with van der Waals surface area (Å²) in [5, 5.41) is 14.2. The Morgan fingerprint density at radius 1 is 0.925 bits per heavy atom. The van der Waals surface area contributed by atoms with Crippen LogP contribution in [0, 0.1) is 10.1 Å². The molecule has 0 bridgehead atoms. The second-order valence-electron chi connectivity index (χ2n) is 10.1. The molecule has 0 radical (unpaired) electrons. The van der Waals surface area contributed by atoms with Crippen LogP contribution in [0.3, 0.4) is 0 Å². The number of thioether (sulfide) groups is 1. The van der Waals surface area contributed by atoms with Gasteiger partial charge in [-0.1, -0.05) is 89.8 Å². The van der Waals surface area contributed by atoms with Gasteiger partial charge in [0.1, 0.15) is 6.04 Å². The molecule has 9 heteroatoms. The summed E-state index contributed by atoms with van der Waals surface area (Å²) in [5.74, 6) is 0.499. The Labute approximate surface area is 248 Å². The molecule has 1 N–H and O–H groups in total. The van der Waals surface area contributed by atoms with Crippen molar-refractivity contribution >= 4 is 45.2 Å². The molecular weight excluding hydrogens is 590 g/mol. The minimum Gasteiger partial charge on any atom is -0.352 e. The predicted molar refractivity (Wildman–Crippen MR) is 163 cm³/mol. The minimum atomic E-state index is -0.652. The van der Waals surface area contributed by atoms with Crippen molar-refractivity contribution in [2.24, 2.45) is 0 Å². The largest absolute Gasteiger partial charge is 0.352 e. The molecule has 0 heterocycles. The summed E-state index contributed by atoms with van der Waals surface area (Å²) in [5.41, 5.74) is 2.89. The number of nitro groups is 1. The number of rotatable bonds is 12. The third kappa shape index (κ3) is 8.93. The van der Waals surface area contributed by atoms with Gasteiger partial charge < -0.3 is 10.2 Å². The normalized spacial score (nSPS) is 14.3. The van der Waals surface area contributed by atoms with Crippen molar-refractivity contribution in [3.63, 3.8) is 0 Å². The van der Waals surface area contributed by atoms with Crippen LogP contribution in [0.1, 0.15) is 48.8 Å². The Morgan fingerprint density at radius 2 is 1.57 bits per heavy atom. The van der Waals surface area contributed by atoms with E-state index in [0.29, 0.717) is 18.7 Å². The van der Waals surface area contributed by atoms with Crippen LogP contribution >= 0.6 is 27.7 Å². The molecular formula is C31H34BrN3O4S. The summed E-state index contributed by atoms with van der Waals surface area (Å²) < 4.78 is 0.948. The third-order valence-corrected chi connectivity index (χ3v) is 8.65. The molecule has 3 aromatic carbocycles. The van der Waals surface area contributed by atoms with E-state index in [2.05, 4.69) is 21.2 Å². The molecule has 1 saturated carbocycles. The molecule has 1 fully saturated rings. The van der Waals surface area contributed by atoms with Crippen LogP contribution in [0.2, 0.25) is 0 Å². The second-order valence-corrected chi connectivity index (χ2v) is 12.0. The van der Waals surface area contributed by atoms with E-state index in [1.54, 1.807) is 17.0 Å². The Hall–Kier alpha value is -3.17. The van der Waals surface area contributed by atoms with Crippen molar-refractivity contribution in [2.75, 3.05) is 5.75 Å². The molecule has 1 atom stereocenters. The van der Waals surface area contributed by atoms with E-state index in [0.717, 1.165) is 46.8 Å². The van der Waals surface area contributed by atoms with Crippen LogP contribution in [0.4, 0.5) is 5.69 Å². The van der Waals surface area contributed by atoms with Gasteiger partial charge in [0.05, 0.1) is 10.7 Å². The fourth-order valence-corrected chi connectivity index (χ4v) is 6.07. The van der Waals surface area contributed by atoms with E-state index in [1.165, 1.54) is 30.3 Å². The van der Waals surface area contributed by atoms with Gasteiger partial charge in [0.25, 0.3) is 5.69 Å². The molecule has 0 saturated heterocycles. The van der Waals surface area contributed by atoms with Gasteiger partial charge in [-0.2, -0.15) is 0 Å². The van der Waals surface area contributed by atoms with E-state index < -0.39 is 11.0 Å². The zero-order valence-corrected chi connectivity index (χ0v) is 24.7. The molecule has 4 rings (SSSR count). The third-order valence-electron chi connectivity index (χ3n) is 7.13. The summed E-state index contributed by atoms with van der Waals surface area (Å²) in [7, 11) is 0. The van der Waals surface area contributed by atoms with Crippen LogP contribution in [0.15, 0.2) is 83.3 Å². The molecule has 0 unspecified atom stereocenters. The quantitative estimate of drug-likeness (QED) is 0.179. The van der Waals surface area contributed by atoms with Crippen molar-refractivity contribution in [3.8, 4) is 0 Å². The number of non-ortho nitro benzene ring substituents is 1. The monoisotopic (exact) mass is 623 g/mol. The summed E-state index contributed by atoms with van der Waals surface area (Å²) in [4.78, 5) is 39.9. The van der Waals surface area contributed by atoms with E-state index in [-0.39, 0.29) is 29.3 Å². The van der Waals surface area contributed by atoms with Gasteiger partial charge >= 0.3 is 0 Å². The number of halogens is 1. The van der Waals surface area contributed by atoms with Gasteiger partial charge in [-0.15, -0.1) is 11.8 Å². The molecule has 0 aliphatic heterocycles. The molecule has 40 heavy (non-hydrogen) atoms. The molecule has 210 valence electrons. The van der Waals surface area contributed by atoms with Crippen molar-refractivity contribution in [3.05, 3.63) is 110 Å². The van der Waals surface area contributed by atoms with Crippen LogP contribution in [-0.2, 0) is 28.3 Å². The van der Waals surface area contributed by atoms with Gasteiger partial charge in [-0.05, 0) is 41.7 Å². The molecule has 3 aromatic rings. The number of hydrogen-bond acceptors (Lipinski definition) is 5. The fourth-order valence-electron chi connectivity index (χ4n) is 4.94. The van der Waals surface area contributed by atoms with Gasteiger partial charge in [0.15, 0.2) is 0 Å². The predicted octanol–water partition coefficient (Wildman–Crippen LogP) is 6.68. The zero-order valence-electron chi connectivity index (χ0n) is 22.3. The molecule has 1 aliphatic rings. The Kier molecular flexibility index (Phi) is 11.2. The minimum absolute atomic E-state index is 0.0400. The molecule has 7 nitrogen and oxygen atoms in total. The first-order valence-electron chi connectivity index (χ1n) is 13.6. The number of nitrogens with one attached hydrogen (secondary N) is 1. The molecule has 2 amide bonds. The van der Waals surface area contributed by atoms with Gasteiger partial charge in [-0.3, -0.25) is 19.7 Å². The van der Waals surface area contributed by atoms with Crippen molar-refractivity contribution in [1.29, 1.82) is 0 Å². The molecule has 0 aromatic heterocycles. The van der Waals surface area contributed by atoms with Gasteiger partial charge in [-0.25, -0.2) is 0 Å². The highest BCUT2D eigenvalue weighted by molar-refractivity contribution is 9.10. The molecule has 0 spiro atoms. The van der Waals surface area contributed by atoms with E-state index >= 15 is 0 Å². The van der Waals surface area contributed by atoms with Crippen molar-refractivity contribution in [2.45, 2.75) is 62.9 Å². The first kappa shape index (κ1) is 29.8. The molecule has 1 aliphatic carbocycles. The maximum absolute atomic E-state index is 13.8. The summed E-state index contributed by atoms with van der Waals surface area (Å²) >= 11 is 4.92. The van der Waals surface area contributed by atoms with Gasteiger partial charge in [0.2, 0.25) is 11.8 Å². The van der Waals surface area contributed by atoms with Crippen LogP contribution in [0.25, 0.3) is 0 Å². The van der Waals surface area contributed by atoms with Gasteiger partial charge in [0, 0.05) is 41.4 Å². The number of carbonyl (C=O) groups is 2. The topological polar surface area (TPSA) is 92.6 Å². The number of hydrogen-bond donors (Lipinski definition) is 1. The lowest BCUT2D eigenvalue weighted by Crippen LogP contribution is -2.53. The lowest BCUT2D eigenvalue weighted by Gasteiger charge is -2.33. The zero-order chi connectivity index (χ0) is 28.3. The first-order chi connectivity index (χ1) is 19.4. The number of nitrogens with zero attached hydrogens (tertiary/aromatic N) is 2. The summed E-state index contributed by atoms with van der Waals surface area (Å²) in [6.07, 6.45) is 5.77. The van der Waals surface area contributed by atoms with Crippen molar-refractivity contribution in [1.82, 2.24) is 10.2 Å². The number of nitro benzene ring substituents is 1. The maximum Gasteiger partial charge on any atom is 0.269 e. The summed E-state index contributed by atoms with van der Waals surface area (Å²) in [6.45, 7) is 0.319. The van der Waals surface area contributed by atoms with E-state index in [4.69, 9.17) is 0 Å². The second kappa shape index (κ2) is 15.0.